The largest absolute Gasteiger partial charge is 0.381 e. The fourth-order valence-electron chi connectivity index (χ4n) is 2.74. The molecule has 1 saturated heterocycles. The Hall–Kier alpha value is -0.910. The van der Waals surface area contributed by atoms with Crippen LogP contribution in [0.15, 0.2) is 12.3 Å². The van der Waals surface area contributed by atoms with Crippen LogP contribution in [-0.2, 0) is 22.9 Å². The molecule has 1 fully saturated rings. The van der Waals surface area contributed by atoms with Gasteiger partial charge in [-0.3, -0.25) is 4.68 Å². The summed E-state index contributed by atoms with van der Waals surface area (Å²) in [7, 11) is 5.73. The Labute approximate surface area is 108 Å². The molecule has 5 nitrogen and oxygen atoms in total. The molecule has 0 aliphatic carbocycles. The average molecular weight is 253 g/mol. The minimum absolute atomic E-state index is 0.134. The number of aromatic nitrogens is 2. The van der Waals surface area contributed by atoms with Gasteiger partial charge in [0.25, 0.3) is 0 Å². The number of ether oxygens (including phenoxy) is 2. The molecule has 18 heavy (non-hydrogen) atoms. The number of nitrogens with one attached hydrogen (secondary N) is 1. The molecule has 0 aromatic carbocycles. The highest BCUT2D eigenvalue weighted by molar-refractivity contribution is 5.06. The van der Waals surface area contributed by atoms with Gasteiger partial charge < -0.3 is 14.8 Å². The van der Waals surface area contributed by atoms with Crippen molar-refractivity contribution in [2.75, 3.05) is 27.4 Å². The zero-order valence-corrected chi connectivity index (χ0v) is 11.5. The van der Waals surface area contributed by atoms with Gasteiger partial charge in [-0.1, -0.05) is 0 Å². The zero-order valence-electron chi connectivity index (χ0n) is 11.5. The van der Waals surface area contributed by atoms with Crippen LogP contribution in [0, 0.1) is 0 Å². The first kappa shape index (κ1) is 13.5. The van der Waals surface area contributed by atoms with Crippen molar-refractivity contribution in [3.63, 3.8) is 0 Å². The third kappa shape index (κ3) is 2.74. The van der Waals surface area contributed by atoms with Crippen LogP contribution >= 0.6 is 0 Å². The van der Waals surface area contributed by atoms with E-state index in [0.29, 0.717) is 0 Å². The Bertz CT molecular complexity index is 372. The molecule has 0 saturated carbocycles. The summed E-state index contributed by atoms with van der Waals surface area (Å²) in [6, 6.07) is 2.33. The molecule has 0 spiro atoms. The Balaban J connectivity index is 2.10. The number of aryl methyl sites for hydroxylation is 1. The Morgan fingerprint density at radius 3 is 2.78 bits per heavy atom. The molecule has 0 radical (unpaired) electrons. The molecule has 1 aromatic heterocycles. The van der Waals surface area contributed by atoms with E-state index >= 15 is 0 Å². The highest BCUT2D eigenvalue weighted by atomic mass is 16.5. The molecular formula is C13H23N3O2. The van der Waals surface area contributed by atoms with E-state index in [2.05, 4.69) is 16.5 Å². The van der Waals surface area contributed by atoms with E-state index in [9.17, 15) is 0 Å². The maximum Gasteiger partial charge on any atom is 0.0878 e. The topological polar surface area (TPSA) is 48.3 Å². The number of hydrogen-bond donors (Lipinski definition) is 1. The Morgan fingerprint density at radius 2 is 2.28 bits per heavy atom. The fraction of sp³-hybridized carbons (Fsp3) is 0.769. The van der Waals surface area contributed by atoms with Gasteiger partial charge in [0.05, 0.1) is 11.3 Å². The van der Waals surface area contributed by atoms with Crippen molar-refractivity contribution in [1.82, 2.24) is 15.1 Å². The second-order valence-corrected chi connectivity index (χ2v) is 4.91. The van der Waals surface area contributed by atoms with Crippen molar-refractivity contribution in [2.24, 2.45) is 7.05 Å². The summed E-state index contributed by atoms with van der Waals surface area (Å²) >= 11 is 0. The molecule has 0 amide bonds. The van der Waals surface area contributed by atoms with Crippen LogP contribution in [0.25, 0.3) is 0 Å². The number of methoxy groups -OCH3 is 1. The van der Waals surface area contributed by atoms with E-state index in [1.807, 2.05) is 25.0 Å². The lowest BCUT2D eigenvalue weighted by Crippen LogP contribution is -2.55. The van der Waals surface area contributed by atoms with Crippen molar-refractivity contribution in [1.29, 1.82) is 0 Å². The third-order valence-corrected chi connectivity index (χ3v) is 3.91. The van der Waals surface area contributed by atoms with Crippen molar-refractivity contribution < 1.29 is 9.47 Å². The van der Waals surface area contributed by atoms with Gasteiger partial charge in [0.2, 0.25) is 0 Å². The Kier molecular flexibility index (Phi) is 4.37. The number of likely N-dealkylation sites (N-methyl/N-ethyl adjacent to an activating group) is 1. The highest BCUT2D eigenvalue weighted by Gasteiger charge is 2.40. The summed E-state index contributed by atoms with van der Waals surface area (Å²) in [5, 5.41) is 7.84. The van der Waals surface area contributed by atoms with Crippen LogP contribution in [0.5, 0.6) is 0 Å². The van der Waals surface area contributed by atoms with Gasteiger partial charge in [0.1, 0.15) is 0 Å². The first-order valence-corrected chi connectivity index (χ1v) is 6.49. The van der Waals surface area contributed by atoms with Gasteiger partial charge >= 0.3 is 0 Å². The van der Waals surface area contributed by atoms with Crippen molar-refractivity contribution in [3.8, 4) is 0 Å². The maximum atomic E-state index is 5.83. The molecule has 2 heterocycles. The molecule has 1 unspecified atom stereocenters. The zero-order chi connectivity index (χ0) is 13.0. The molecule has 1 aliphatic rings. The summed E-state index contributed by atoms with van der Waals surface area (Å²) < 4.78 is 13.1. The molecule has 1 aromatic rings. The summed E-state index contributed by atoms with van der Waals surface area (Å²) in [5.41, 5.74) is 0.963. The van der Waals surface area contributed by atoms with Crippen LogP contribution in [0.2, 0.25) is 0 Å². The molecule has 2 rings (SSSR count). The van der Waals surface area contributed by atoms with Crippen molar-refractivity contribution >= 4 is 0 Å². The smallest absolute Gasteiger partial charge is 0.0878 e. The Morgan fingerprint density at radius 1 is 1.56 bits per heavy atom. The van der Waals surface area contributed by atoms with Gasteiger partial charge in [-0.2, -0.15) is 5.10 Å². The summed E-state index contributed by atoms with van der Waals surface area (Å²) in [6.07, 6.45) is 4.72. The van der Waals surface area contributed by atoms with E-state index in [1.165, 1.54) is 0 Å². The first-order valence-electron chi connectivity index (χ1n) is 6.49. The number of hydrogen-bond acceptors (Lipinski definition) is 4. The maximum absolute atomic E-state index is 5.83. The van der Waals surface area contributed by atoms with E-state index < -0.39 is 0 Å². The van der Waals surface area contributed by atoms with E-state index in [1.54, 1.807) is 7.11 Å². The molecule has 1 atom stereocenters. The number of rotatable bonds is 5. The minimum atomic E-state index is -0.134. The standard InChI is InChI=1S/C13H23N3O2/c1-14-12(10-11-4-7-16(2)15-11)13(17-3)5-8-18-9-6-13/h4,7,12,14H,5-6,8-10H2,1-3H3. The second-order valence-electron chi connectivity index (χ2n) is 4.91. The van der Waals surface area contributed by atoms with Crippen LogP contribution in [0.1, 0.15) is 18.5 Å². The predicted molar refractivity (Wildman–Crippen MR) is 69.6 cm³/mol. The predicted octanol–water partition coefficient (Wildman–Crippen LogP) is 0.746. The van der Waals surface area contributed by atoms with Gasteiger partial charge in [0, 0.05) is 58.9 Å². The third-order valence-electron chi connectivity index (χ3n) is 3.91. The molecule has 1 N–H and O–H groups in total. The lowest BCUT2D eigenvalue weighted by molar-refractivity contribution is -0.109. The summed E-state index contributed by atoms with van der Waals surface area (Å²) in [6.45, 7) is 1.54. The molecule has 102 valence electrons. The van der Waals surface area contributed by atoms with Crippen LogP contribution in [0.3, 0.4) is 0 Å². The quantitative estimate of drug-likeness (QED) is 0.841. The number of nitrogens with zero attached hydrogens (tertiary/aromatic N) is 2. The lowest BCUT2D eigenvalue weighted by atomic mass is 9.83. The monoisotopic (exact) mass is 253 g/mol. The average Bonchev–Trinajstić information content (AvgIpc) is 2.82. The van der Waals surface area contributed by atoms with Gasteiger partial charge in [-0.25, -0.2) is 0 Å². The molecule has 0 bridgehead atoms. The van der Waals surface area contributed by atoms with E-state index in [-0.39, 0.29) is 11.6 Å². The van der Waals surface area contributed by atoms with Gasteiger partial charge in [0.15, 0.2) is 0 Å². The minimum Gasteiger partial charge on any atom is -0.381 e. The second kappa shape index (κ2) is 5.82. The van der Waals surface area contributed by atoms with Crippen molar-refractivity contribution in [3.05, 3.63) is 18.0 Å². The molecular weight excluding hydrogens is 230 g/mol. The summed E-state index contributed by atoms with van der Waals surface area (Å²) in [5.74, 6) is 0. The molecule has 5 heteroatoms. The van der Waals surface area contributed by atoms with Crippen LogP contribution in [0.4, 0.5) is 0 Å². The normalized spacial score (nSPS) is 20.8. The fourth-order valence-corrected chi connectivity index (χ4v) is 2.74. The SMILES string of the molecule is CNC(Cc1ccn(C)n1)C1(OC)CCOCC1. The van der Waals surface area contributed by atoms with E-state index in [4.69, 9.17) is 9.47 Å². The van der Waals surface area contributed by atoms with Crippen LogP contribution < -0.4 is 5.32 Å². The van der Waals surface area contributed by atoms with E-state index in [0.717, 1.165) is 38.2 Å². The van der Waals surface area contributed by atoms with Crippen LogP contribution in [-0.4, -0.2) is 48.8 Å². The van der Waals surface area contributed by atoms with Gasteiger partial charge in [-0.15, -0.1) is 0 Å². The van der Waals surface area contributed by atoms with Crippen molar-refractivity contribution in [2.45, 2.75) is 30.9 Å². The summed E-state index contributed by atoms with van der Waals surface area (Å²) in [4.78, 5) is 0. The van der Waals surface area contributed by atoms with Gasteiger partial charge in [-0.05, 0) is 13.1 Å². The lowest BCUT2D eigenvalue weighted by Gasteiger charge is -2.42. The molecule has 1 aliphatic heterocycles. The highest BCUT2D eigenvalue weighted by Crippen LogP contribution is 2.29. The first-order chi connectivity index (χ1) is 8.70.